The maximum atomic E-state index is 2.29. The summed E-state index contributed by atoms with van der Waals surface area (Å²) in [6, 6.07) is 0. The van der Waals surface area contributed by atoms with E-state index in [-0.39, 0.29) is 0 Å². The summed E-state index contributed by atoms with van der Waals surface area (Å²) in [6.07, 6.45) is 5.89. The fourth-order valence-corrected chi connectivity index (χ4v) is 1.51. The van der Waals surface area contributed by atoms with Gasteiger partial charge >= 0.3 is 0 Å². The Morgan fingerprint density at radius 2 is 2.67 bits per heavy atom. The van der Waals surface area contributed by atoms with Crippen LogP contribution in [0.2, 0.25) is 0 Å². The summed E-state index contributed by atoms with van der Waals surface area (Å²) in [4.78, 5) is 0. The van der Waals surface area contributed by atoms with E-state index < -0.39 is 0 Å². The van der Waals surface area contributed by atoms with Gasteiger partial charge in [-0.05, 0) is 11.8 Å². The van der Waals surface area contributed by atoms with Gasteiger partial charge in [-0.15, -0.1) is 8.58 Å². The molecule has 0 bridgehead atoms. The van der Waals surface area contributed by atoms with Gasteiger partial charge < -0.3 is 0 Å². The molecule has 0 aromatic rings. The molecule has 1 heterocycles. The van der Waals surface area contributed by atoms with Gasteiger partial charge in [-0.2, -0.15) is 0 Å². The van der Waals surface area contributed by atoms with Gasteiger partial charge in [0.05, 0.1) is 0 Å². The van der Waals surface area contributed by atoms with Gasteiger partial charge in [0.25, 0.3) is 0 Å². The van der Waals surface area contributed by atoms with Crippen molar-refractivity contribution in [3.63, 3.8) is 0 Å². The Bertz CT molecular complexity index is 66.3. The van der Waals surface area contributed by atoms with E-state index in [9.17, 15) is 0 Å². The molecule has 0 radical (unpaired) electrons. The second kappa shape index (κ2) is 1.75. The number of rotatable bonds is 0. The first-order valence-electron chi connectivity index (χ1n) is 2.29. The van der Waals surface area contributed by atoms with Crippen LogP contribution in [0, 0.1) is 0 Å². The van der Waals surface area contributed by atoms with Crippen LogP contribution >= 0.6 is 8.58 Å². The fourth-order valence-electron chi connectivity index (χ4n) is 0.594. The molecule has 1 unspecified atom stereocenters. The van der Waals surface area contributed by atoms with Crippen molar-refractivity contribution in [2.24, 2.45) is 0 Å². The molecule has 0 fully saturated rings. The number of hydrogen-bond acceptors (Lipinski definition) is 0. The lowest BCUT2D eigenvalue weighted by atomic mass is 10.4. The van der Waals surface area contributed by atoms with E-state index >= 15 is 0 Å². The molecule has 0 aromatic heterocycles. The minimum atomic E-state index is 0.894. The van der Waals surface area contributed by atoms with E-state index in [1.165, 1.54) is 14.7 Å². The Hall–Kier alpha value is 0.170. The maximum Gasteiger partial charge on any atom is -0.00827 e. The fraction of sp³-hybridized carbons (Fsp3) is 0.600. The van der Waals surface area contributed by atoms with Crippen molar-refractivity contribution >= 4 is 8.58 Å². The van der Waals surface area contributed by atoms with Crippen LogP contribution in [0.3, 0.4) is 0 Å². The highest BCUT2D eigenvalue weighted by atomic mass is 31.1. The minimum absolute atomic E-state index is 0.894. The van der Waals surface area contributed by atoms with Crippen LogP contribution in [0.25, 0.3) is 0 Å². The summed E-state index contributed by atoms with van der Waals surface area (Å²) in [5, 5.41) is 0. The Balaban J connectivity index is 2.38. The summed E-state index contributed by atoms with van der Waals surface area (Å²) in [7, 11) is 1.17. The van der Waals surface area contributed by atoms with Crippen LogP contribution < -0.4 is 0 Å². The van der Waals surface area contributed by atoms with Crippen molar-refractivity contribution in [1.29, 1.82) is 0 Å². The molecule has 0 aromatic carbocycles. The maximum absolute atomic E-state index is 2.29. The summed E-state index contributed by atoms with van der Waals surface area (Å²) < 4.78 is 0. The molecule has 0 spiro atoms. The molecule has 34 valence electrons. The normalized spacial score (nSPS) is 35.8. The highest BCUT2D eigenvalue weighted by molar-refractivity contribution is 7.39. The van der Waals surface area contributed by atoms with Crippen LogP contribution in [0.4, 0.5) is 0 Å². The predicted octanol–water partition coefficient (Wildman–Crippen LogP) is 1.62. The molecule has 0 saturated heterocycles. The van der Waals surface area contributed by atoms with Crippen molar-refractivity contribution in [2.45, 2.75) is 12.6 Å². The Kier molecular flexibility index (Phi) is 1.26. The second-order valence-corrected chi connectivity index (χ2v) is 3.35. The Labute approximate surface area is 40.4 Å². The molecule has 1 heteroatoms. The largest absolute Gasteiger partial charge is 0.111 e. The van der Waals surface area contributed by atoms with E-state index in [2.05, 4.69) is 19.1 Å². The number of allylic oxidation sites excluding steroid dienone is 2. The van der Waals surface area contributed by atoms with Gasteiger partial charge in [-0.1, -0.05) is 19.1 Å². The van der Waals surface area contributed by atoms with Crippen molar-refractivity contribution in [1.82, 2.24) is 0 Å². The SMILES string of the molecule is C[C@@H]1C=CCP1. The van der Waals surface area contributed by atoms with Crippen molar-refractivity contribution in [2.75, 3.05) is 6.16 Å². The van der Waals surface area contributed by atoms with E-state index in [1.54, 1.807) is 0 Å². The van der Waals surface area contributed by atoms with Gasteiger partial charge in [-0.25, -0.2) is 0 Å². The number of hydrogen-bond donors (Lipinski definition) is 0. The Morgan fingerprint density at radius 3 is 2.83 bits per heavy atom. The summed E-state index contributed by atoms with van der Waals surface area (Å²) in [6.45, 7) is 2.27. The molecular weight excluding hydrogens is 91.0 g/mol. The van der Waals surface area contributed by atoms with E-state index in [1.807, 2.05) is 0 Å². The summed E-state index contributed by atoms with van der Waals surface area (Å²) in [5.41, 5.74) is 0.894. The Morgan fingerprint density at radius 1 is 1.83 bits per heavy atom. The zero-order chi connectivity index (χ0) is 4.41. The van der Waals surface area contributed by atoms with Gasteiger partial charge in [0.2, 0.25) is 0 Å². The van der Waals surface area contributed by atoms with Gasteiger partial charge in [0.15, 0.2) is 0 Å². The lowest BCUT2D eigenvalue weighted by Gasteiger charge is -1.90. The molecule has 0 aliphatic carbocycles. The average molecular weight is 100 g/mol. The van der Waals surface area contributed by atoms with Crippen LogP contribution in [0.1, 0.15) is 6.92 Å². The standard InChI is InChI=1S/C5H9P/c1-5-3-2-4-6-5/h2-3,5-6H,4H2,1H3/t5-/m1/s1. The van der Waals surface area contributed by atoms with Crippen molar-refractivity contribution in [3.8, 4) is 0 Å². The highest BCUT2D eigenvalue weighted by Crippen LogP contribution is 2.24. The predicted molar refractivity (Wildman–Crippen MR) is 31.8 cm³/mol. The van der Waals surface area contributed by atoms with Crippen molar-refractivity contribution in [3.05, 3.63) is 12.2 Å². The van der Waals surface area contributed by atoms with Crippen LogP contribution in [0.5, 0.6) is 0 Å². The molecule has 0 saturated carbocycles. The molecule has 6 heavy (non-hydrogen) atoms. The zero-order valence-corrected chi connectivity index (χ0v) is 4.94. The summed E-state index contributed by atoms with van der Waals surface area (Å²) in [5.74, 6) is 0. The molecule has 0 nitrogen and oxygen atoms in total. The molecular formula is C5H9P. The van der Waals surface area contributed by atoms with E-state index in [0.717, 1.165) is 5.66 Å². The third kappa shape index (κ3) is 0.815. The van der Waals surface area contributed by atoms with Crippen molar-refractivity contribution < 1.29 is 0 Å². The monoisotopic (exact) mass is 100 g/mol. The van der Waals surface area contributed by atoms with Gasteiger partial charge in [0.1, 0.15) is 0 Å². The first-order chi connectivity index (χ1) is 2.89. The molecule has 2 atom stereocenters. The first-order valence-corrected chi connectivity index (χ1v) is 3.58. The third-order valence-electron chi connectivity index (χ3n) is 0.982. The van der Waals surface area contributed by atoms with Gasteiger partial charge in [-0.3, -0.25) is 0 Å². The summed E-state index contributed by atoms with van der Waals surface area (Å²) >= 11 is 0. The molecule has 0 N–H and O–H groups in total. The topological polar surface area (TPSA) is 0 Å². The van der Waals surface area contributed by atoms with E-state index in [4.69, 9.17) is 0 Å². The molecule has 0 amide bonds. The van der Waals surface area contributed by atoms with Crippen LogP contribution in [-0.2, 0) is 0 Å². The quantitative estimate of drug-likeness (QED) is 0.320. The molecule has 1 rings (SSSR count). The van der Waals surface area contributed by atoms with Crippen LogP contribution in [-0.4, -0.2) is 11.8 Å². The second-order valence-electron chi connectivity index (χ2n) is 1.63. The third-order valence-corrected chi connectivity index (χ3v) is 2.29. The first kappa shape index (κ1) is 4.33. The minimum Gasteiger partial charge on any atom is -0.111 e. The lowest BCUT2D eigenvalue weighted by molar-refractivity contribution is 1.26. The smallest absolute Gasteiger partial charge is 0.00827 e. The zero-order valence-electron chi connectivity index (χ0n) is 3.94. The lowest BCUT2D eigenvalue weighted by Crippen LogP contribution is -1.76. The van der Waals surface area contributed by atoms with Gasteiger partial charge in [0, 0.05) is 0 Å². The molecule has 1 aliphatic heterocycles. The highest BCUT2D eigenvalue weighted by Gasteiger charge is 1.98. The average Bonchev–Trinajstić information content (AvgIpc) is 1.86. The molecule has 1 aliphatic rings. The van der Waals surface area contributed by atoms with Crippen LogP contribution in [0.15, 0.2) is 12.2 Å². The van der Waals surface area contributed by atoms with E-state index in [0.29, 0.717) is 0 Å².